The fraction of sp³-hybridized carbons (Fsp3) is 0.0417. The van der Waals surface area contributed by atoms with Gasteiger partial charge in [0.25, 0.3) is 0 Å². The van der Waals surface area contributed by atoms with Gasteiger partial charge in [0.15, 0.2) is 0 Å². The molecule has 1 aromatic heterocycles. The number of hydrogen-bond donors (Lipinski definition) is 0. The lowest BCUT2D eigenvalue weighted by molar-refractivity contribution is 0.363. The van der Waals surface area contributed by atoms with Crippen LogP contribution in [0.1, 0.15) is 5.56 Å². The van der Waals surface area contributed by atoms with Crippen LogP contribution in [-0.2, 0) is 0 Å². The average molecular weight is 389 g/mol. The summed E-state index contributed by atoms with van der Waals surface area (Å²) in [5.41, 5.74) is 2.83. The van der Waals surface area contributed by atoms with Crippen molar-refractivity contribution in [1.82, 2.24) is 0 Å². The zero-order valence-electron chi connectivity index (χ0n) is 15.0. The Bertz CT molecular complexity index is 1180. The quantitative estimate of drug-likeness (QED) is 0.382. The molecule has 0 fully saturated rings. The largest absolute Gasteiger partial charge is 0.488 e. The van der Waals surface area contributed by atoms with Crippen LogP contribution in [-0.4, -0.2) is 6.61 Å². The van der Waals surface area contributed by atoms with Crippen LogP contribution < -0.4 is 10.4 Å². The molecule has 3 nitrogen and oxygen atoms in total. The van der Waals surface area contributed by atoms with Crippen molar-refractivity contribution >= 4 is 28.6 Å². The molecule has 0 aliphatic rings. The monoisotopic (exact) mass is 388 g/mol. The summed E-state index contributed by atoms with van der Waals surface area (Å²) in [5.74, 6) is 0.472. The van der Waals surface area contributed by atoms with E-state index in [0.717, 1.165) is 22.1 Å². The van der Waals surface area contributed by atoms with E-state index < -0.39 is 5.63 Å². The SMILES string of the molecule is O=c1cc(-c2ccccc2)c2cc(Cl)c(OC/C=C/c3ccccc3)cc2o1. The maximum atomic E-state index is 12.0. The first-order chi connectivity index (χ1) is 13.7. The molecule has 4 heteroatoms. The molecule has 28 heavy (non-hydrogen) atoms. The third-order valence-corrected chi connectivity index (χ3v) is 4.62. The summed E-state index contributed by atoms with van der Waals surface area (Å²) < 4.78 is 11.2. The first-order valence-electron chi connectivity index (χ1n) is 8.88. The number of ether oxygens (including phenoxy) is 1. The number of benzene rings is 3. The van der Waals surface area contributed by atoms with Crippen LogP contribution in [0.25, 0.3) is 28.2 Å². The van der Waals surface area contributed by atoms with E-state index in [0.29, 0.717) is 23.0 Å². The standard InChI is InChI=1S/C24H17ClO3/c25-21-14-20-19(18-11-5-2-6-12-18)15-24(26)28-22(20)16-23(21)27-13-7-10-17-8-3-1-4-9-17/h1-12,14-16H,13H2/b10-7+. The summed E-state index contributed by atoms with van der Waals surface area (Å²) in [4.78, 5) is 12.0. The van der Waals surface area contributed by atoms with Crippen LogP contribution in [0, 0.1) is 0 Å². The zero-order chi connectivity index (χ0) is 19.3. The van der Waals surface area contributed by atoms with Crippen LogP contribution in [0.15, 0.2) is 94.2 Å². The fourth-order valence-corrected chi connectivity index (χ4v) is 3.23. The molecule has 0 atom stereocenters. The maximum Gasteiger partial charge on any atom is 0.336 e. The second-order valence-electron chi connectivity index (χ2n) is 6.25. The van der Waals surface area contributed by atoms with Gasteiger partial charge in [0.2, 0.25) is 0 Å². The van der Waals surface area contributed by atoms with Gasteiger partial charge in [-0.1, -0.05) is 78.3 Å². The summed E-state index contributed by atoms with van der Waals surface area (Å²) in [5, 5.41) is 1.23. The second kappa shape index (κ2) is 8.15. The second-order valence-corrected chi connectivity index (χ2v) is 6.66. The van der Waals surface area contributed by atoms with Crippen LogP contribution in [0.2, 0.25) is 5.02 Å². The molecule has 0 aliphatic heterocycles. The highest BCUT2D eigenvalue weighted by Gasteiger charge is 2.12. The van der Waals surface area contributed by atoms with E-state index in [1.54, 1.807) is 12.1 Å². The van der Waals surface area contributed by atoms with Gasteiger partial charge in [-0.3, -0.25) is 0 Å². The van der Waals surface area contributed by atoms with Crippen LogP contribution in [0.4, 0.5) is 0 Å². The predicted molar refractivity (Wildman–Crippen MR) is 114 cm³/mol. The molecule has 138 valence electrons. The predicted octanol–water partition coefficient (Wildman–Crippen LogP) is 6.21. The molecular formula is C24H17ClO3. The number of hydrogen-bond acceptors (Lipinski definition) is 3. The molecular weight excluding hydrogens is 372 g/mol. The van der Waals surface area contributed by atoms with Crippen molar-refractivity contribution in [2.45, 2.75) is 0 Å². The third-order valence-electron chi connectivity index (χ3n) is 4.33. The van der Waals surface area contributed by atoms with Crippen molar-refractivity contribution in [3.05, 3.63) is 106 Å². The fourth-order valence-electron chi connectivity index (χ4n) is 3.02. The molecule has 0 radical (unpaired) electrons. The highest BCUT2D eigenvalue weighted by Crippen LogP contribution is 2.34. The van der Waals surface area contributed by atoms with E-state index in [-0.39, 0.29) is 0 Å². The minimum absolute atomic E-state index is 0.350. The molecule has 0 amide bonds. The lowest BCUT2D eigenvalue weighted by Gasteiger charge is -2.10. The van der Waals surface area contributed by atoms with Gasteiger partial charge in [0.1, 0.15) is 17.9 Å². The highest BCUT2D eigenvalue weighted by molar-refractivity contribution is 6.33. The normalized spacial score (nSPS) is 11.2. The summed E-state index contributed by atoms with van der Waals surface area (Å²) in [6, 6.07) is 24.6. The van der Waals surface area contributed by atoms with E-state index in [9.17, 15) is 4.79 Å². The minimum atomic E-state index is -0.413. The van der Waals surface area contributed by atoms with Crippen molar-refractivity contribution in [3.63, 3.8) is 0 Å². The molecule has 0 saturated carbocycles. The summed E-state index contributed by atoms with van der Waals surface area (Å²) >= 11 is 6.43. The lowest BCUT2D eigenvalue weighted by atomic mass is 10.0. The van der Waals surface area contributed by atoms with E-state index in [1.807, 2.05) is 72.8 Å². The molecule has 3 aromatic carbocycles. The topological polar surface area (TPSA) is 39.4 Å². The van der Waals surface area contributed by atoms with Crippen molar-refractivity contribution in [2.75, 3.05) is 6.61 Å². The van der Waals surface area contributed by atoms with Crippen LogP contribution in [0.3, 0.4) is 0 Å². The van der Waals surface area contributed by atoms with Crippen LogP contribution in [0.5, 0.6) is 5.75 Å². The molecule has 0 bridgehead atoms. The first-order valence-corrected chi connectivity index (χ1v) is 9.26. The van der Waals surface area contributed by atoms with Gasteiger partial charge in [-0.25, -0.2) is 4.79 Å². The van der Waals surface area contributed by atoms with E-state index in [4.69, 9.17) is 20.8 Å². The summed E-state index contributed by atoms with van der Waals surface area (Å²) in [7, 11) is 0. The number of fused-ring (bicyclic) bond motifs is 1. The Morgan fingerprint density at radius 1 is 0.929 bits per heavy atom. The number of rotatable bonds is 5. The lowest BCUT2D eigenvalue weighted by Crippen LogP contribution is -2.00. The maximum absolute atomic E-state index is 12.0. The Labute approximate surface area is 167 Å². The van der Waals surface area contributed by atoms with Crippen molar-refractivity contribution < 1.29 is 9.15 Å². The summed E-state index contributed by atoms with van der Waals surface area (Å²) in [6.07, 6.45) is 3.88. The van der Waals surface area contributed by atoms with Crippen LogP contribution >= 0.6 is 11.6 Å². The Balaban J connectivity index is 1.63. The zero-order valence-corrected chi connectivity index (χ0v) is 15.7. The van der Waals surface area contributed by atoms with E-state index in [1.165, 1.54) is 6.07 Å². The van der Waals surface area contributed by atoms with Gasteiger partial charge < -0.3 is 9.15 Å². The average Bonchev–Trinajstić information content (AvgIpc) is 2.72. The molecule has 0 unspecified atom stereocenters. The van der Waals surface area contributed by atoms with Crippen molar-refractivity contribution in [3.8, 4) is 16.9 Å². The van der Waals surface area contributed by atoms with Gasteiger partial charge in [-0.05, 0) is 28.8 Å². The number of halogens is 1. The van der Waals surface area contributed by atoms with Crippen molar-refractivity contribution in [1.29, 1.82) is 0 Å². The smallest absolute Gasteiger partial charge is 0.336 e. The van der Waals surface area contributed by atoms with Gasteiger partial charge in [-0.15, -0.1) is 0 Å². The Morgan fingerprint density at radius 3 is 2.39 bits per heavy atom. The third kappa shape index (κ3) is 4.00. The molecule has 4 aromatic rings. The Hall–Kier alpha value is -3.30. The molecule has 1 heterocycles. The first kappa shape index (κ1) is 18.1. The van der Waals surface area contributed by atoms with Gasteiger partial charge in [0.05, 0.1) is 5.02 Å². The van der Waals surface area contributed by atoms with Crippen molar-refractivity contribution in [2.24, 2.45) is 0 Å². The van der Waals surface area contributed by atoms with Gasteiger partial charge >= 0.3 is 5.63 Å². The van der Waals surface area contributed by atoms with E-state index in [2.05, 4.69) is 0 Å². The summed E-state index contributed by atoms with van der Waals surface area (Å²) in [6.45, 7) is 0.350. The Morgan fingerprint density at radius 2 is 1.64 bits per heavy atom. The minimum Gasteiger partial charge on any atom is -0.488 e. The highest BCUT2D eigenvalue weighted by atomic mass is 35.5. The Kier molecular flexibility index (Phi) is 5.27. The molecule has 0 saturated heterocycles. The van der Waals surface area contributed by atoms with Gasteiger partial charge in [-0.2, -0.15) is 0 Å². The molecule has 0 aliphatic carbocycles. The van der Waals surface area contributed by atoms with E-state index >= 15 is 0 Å². The van der Waals surface area contributed by atoms with Gasteiger partial charge in [0, 0.05) is 17.5 Å². The molecule has 4 rings (SSSR count). The molecule has 0 spiro atoms. The molecule has 0 N–H and O–H groups in total.